The van der Waals surface area contributed by atoms with Crippen LogP contribution in [0.3, 0.4) is 0 Å². The minimum Gasteiger partial charge on any atom is -0.343 e. The van der Waals surface area contributed by atoms with Crippen LogP contribution in [0, 0.1) is 10.8 Å². The highest BCUT2D eigenvalue weighted by Gasteiger charge is 2.40. The fraction of sp³-hybridized carbons (Fsp3) is 0.950. The first-order valence-corrected chi connectivity index (χ1v) is 9.98. The molecule has 2 aliphatic heterocycles. The molecule has 0 N–H and O–H groups in total. The average Bonchev–Trinajstić information content (AvgIpc) is 2.55. The van der Waals surface area contributed by atoms with E-state index in [4.69, 9.17) is 0 Å². The molecular weight excluding hydrogens is 298 g/mol. The number of likely N-dealkylation sites (N-methyl/N-ethyl adjacent to an activating group) is 1. The second-order valence-electron chi connectivity index (χ2n) is 9.07. The topological polar surface area (TPSA) is 26.8 Å². The van der Waals surface area contributed by atoms with Crippen molar-refractivity contribution in [2.45, 2.75) is 60.3 Å². The summed E-state index contributed by atoms with van der Waals surface area (Å²) in [5, 5.41) is 0. The molecule has 0 unspecified atom stereocenters. The summed E-state index contributed by atoms with van der Waals surface area (Å²) in [5.41, 5.74) is 0.686. The van der Waals surface area contributed by atoms with Crippen molar-refractivity contribution in [1.29, 1.82) is 0 Å². The number of likely N-dealkylation sites (tertiary alicyclic amines) is 1. The first-order valence-electron chi connectivity index (χ1n) is 9.98. The van der Waals surface area contributed by atoms with E-state index in [0.29, 0.717) is 16.7 Å². The van der Waals surface area contributed by atoms with Crippen LogP contribution in [0.15, 0.2) is 0 Å². The van der Waals surface area contributed by atoms with Crippen molar-refractivity contribution in [1.82, 2.24) is 14.7 Å². The largest absolute Gasteiger partial charge is 0.343 e. The molecule has 2 saturated heterocycles. The summed E-state index contributed by atoms with van der Waals surface area (Å²) in [6, 6.07) is 0. The number of carbonyl (C=O) groups is 1. The van der Waals surface area contributed by atoms with E-state index >= 15 is 0 Å². The Kier molecular flexibility index (Phi) is 6.72. The van der Waals surface area contributed by atoms with E-state index in [2.05, 4.69) is 49.3 Å². The number of nitrogens with zero attached hydrogens (tertiary/aromatic N) is 3. The Balaban J connectivity index is 1.66. The summed E-state index contributed by atoms with van der Waals surface area (Å²) in [4.78, 5) is 19.6. The molecule has 2 rings (SSSR count). The zero-order valence-corrected chi connectivity index (χ0v) is 16.7. The van der Waals surface area contributed by atoms with Crippen LogP contribution in [0.2, 0.25) is 0 Å². The van der Waals surface area contributed by atoms with Crippen molar-refractivity contribution >= 4 is 5.91 Å². The number of rotatable bonds is 5. The molecule has 2 aliphatic rings. The fourth-order valence-electron chi connectivity index (χ4n) is 3.94. The summed E-state index contributed by atoms with van der Waals surface area (Å²) in [5.74, 6) is 0.373. The highest BCUT2D eigenvalue weighted by atomic mass is 16.2. The van der Waals surface area contributed by atoms with Crippen molar-refractivity contribution in [3.8, 4) is 0 Å². The molecule has 140 valence electrons. The Morgan fingerprint density at radius 2 is 1.50 bits per heavy atom. The van der Waals surface area contributed by atoms with Crippen LogP contribution in [-0.2, 0) is 4.79 Å². The Morgan fingerprint density at radius 3 is 2.00 bits per heavy atom. The van der Waals surface area contributed by atoms with E-state index in [1.54, 1.807) is 0 Å². The maximum atomic E-state index is 12.5. The Bertz CT molecular complexity index is 400. The SMILES string of the molecule is CCN1CCN(CCCC(=O)N2CCC(C)(C(C)(C)C)CC2)CC1. The zero-order chi connectivity index (χ0) is 17.8. The molecule has 0 aromatic heterocycles. The molecule has 24 heavy (non-hydrogen) atoms. The van der Waals surface area contributed by atoms with Gasteiger partial charge in [0.25, 0.3) is 0 Å². The summed E-state index contributed by atoms with van der Waals surface area (Å²) in [6.45, 7) is 20.5. The number of hydrogen-bond donors (Lipinski definition) is 0. The third-order valence-electron chi connectivity index (χ3n) is 6.81. The summed E-state index contributed by atoms with van der Waals surface area (Å²) in [6.07, 6.45) is 4.01. The molecule has 4 nitrogen and oxygen atoms in total. The van der Waals surface area contributed by atoms with Gasteiger partial charge in [0.05, 0.1) is 0 Å². The lowest BCUT2D eigenvalue weighted by atomic mass is 9.63. The van der Waals surface area contributed by atoms with E-state index in [0.717, 1.165) is 65.0 Å². The molecule has 0 bridgehead atoms. The number of carbonyl (C=O) groups excluding carboxylic acids is 1. The highest BCUT2D eigenvalue weighted by Crippen LogP contribution is 2.46. The molecule has 2 heterocycles. The normalized spacial score (nSPS) is 23.5. The minimum absolute atomic E-state index is 0.322. The third-order valence-corrected chi connectivity index (χ3v) is 6.81. The lowest BCUT2D eigenvalue weighted by Crippen LogP contribution is -2.47. The molecule has 0 spiro atoms. The standard InChI is InChI=1S/C20H39N3O/c1-6-21-14-16-22(17-15-21)11-7-8-18(24)23-12-9-20(5,10-13-23)19(2,3)4/h6-17H2,1-5H3. The molecule has 0 aliphatic carbocycles. The highest BCUT2D eigenvalue weighted by molar-refractivity contribution is 5.76. The maximum Gasteiger partial charge on any atom is 0.222 e. The van der Waals surface area contributed by atoms with Crippen LogP contribution < -0.4 is 0 Å². The van der Waals surface area contributed by atoms with Gasteiger partial charge < -0.3 is 14.7 Å². The molecule has 0 aromatic rings. The molecule has 2 fully saturated rings. The average molecular weight is 338 g/mol. The van der Waals surface area contributed by atoms with Crippen LogP contribution in [0.25, 0.3) is 0 Å². The Morgan fingerprint density at radius 1 is 0.958 bits per heavy atom. The van der Waals surface area contributed by atoms with Gasteiger partial charge in [0.1, 0.15) is 0 Å². The van der Waals surface area contributed by atoms with E-state index in [-0.39, 0.29) is 0 Å². The number of piperazine rings is 1. The van der Waals surface area contributed by atoms with Crippen LogP contribution in [0.1, 0.15) is 60.3 Å². The molecule has 0 radical (unpaired) electrons. The predicted octanol–water partition coefficient (Wildman–Crippen LogP) is 3.08. The van der Waals surface area contributed by atoms with Crippen LogP contribution >= 0.6 is 0 Å². The maximum absolute atomic E-state index is 12.5. The summed E-state index contributed by atoms with van der Waals surface area (Å²) >= 11 is 0. The van der Waals surface area contributed by atoms with Gasteiger partial charge in [0.15, 0.2) is 0 Å². The Labute approximate surface area is 149 Å². The number of hydrogen-bond acceptors (Lipinski definition) is 3. The van der Waals surface area contributed by atoms with Crippen molar-refractivity contribution < 1.29 is 4.79 Å². The monoisotopic (exact) mass is 337 g/mol. The molecule has 0 aromatic carbocycles. The van der Waals surface area contributed by atoms with Crippen molar-refractivity contribution in [3.05, 3.63) is 0 Å². The first-order chi connectivity index (χ1) is 11.2. The van der Waals surface area contributed by atoms with Crippen molar-refractivity contribution in [2.75, 3.05) is 52.4 Å². The van der Waals surface area contributed by atoms with Gasteiger partial charge in [-0.1, -0.05) is 34.6 Å². The van der Waals surface area contributed by atoms with Gasteiger partial charge in [0.2, 0.25) is 5.91 Å². The van der Waals surface area contributed by atoms with Gasteiger partial charge in [-0.3, -0.25) is 4.79 Å². The molecule has 0 atom stereocenters. The van der Waals surface area contributed by atoms with Crippen LogP contribution in [0.4, 0.5) is 0 Å². The van der Waals surface area contributed by atoms with Gasteiger partial charge in [-0.05, 0) is 43.2 Å². The molecule has 1 amide bonds. The quantitative estimate of drug-likeness (QED) is 0.771. The van der Waals surface area contributed by atoms with Gasteiger partial charge >= 0.3 is 0 Å². The van der Waals surface area contributed by atoms with Gasteiger partial charge in [-0.15, -0.1) is 0 Å². The predicted molar refractivity (Wildman–Crippen MR) is 101 cm³/mol. The second kappa shape index (κ2) is 8.18. The zero-order valence-electron chi connectivity index (χ0n) is 16.7. The van der Waals surface area contributed by atoms with Gasteiger partial charge in [-0.25, -0.2) is 0 Å². The minimum atomic E-state index is 0.322. The smallest absolute Gasteiger partial charge is 0.222 e. The lowest BCUT2D eigenvalue weighted by molar-refractivity contribution is -0.134. The van der Waals surface area contributed by atoms with Crippen LogP contribution in [0.5, 0.6) is 0 Å². The third kappa shape index (κ3) is 4.95. The molecule has 0 saturated carbocycles. The number of piperidine rings is 1. The fourth-order valence-corrected chi connectivity index (χ4v) is 3.94. The summed E-state index contributed by atoms with van der Waals surface area (Å²) in [7, 11) is 0. The Hall–Kier alpha value is -0.610. The van der Waals surface area contributed by atoms with Gasteiger partial charge in [0, 0.05) is 45.7 Å². The molecule has 4 heteroatoms. The second-order valence-corrected chi connectivity index (χ2v) is 9.07. The van der Waals surface area contributed by atoms with E-state index in [1.165, 1.54) is 13.1 Å². The molecular formula is C20H39N3O. The van der Waals surface area contributed by atoms with Gasteiger partial charge in [-0.2, -0.15) is 0 Å². The summed E-state index contributed by atoms with van der Waals surface area (Å²) < 4.78 is 0. The number of amides is 1. The van der Waals surface area contributed by atoms with Crippen molar-refractivity contribution in [3.63, 3.8) is 0 Å². The van der Waals surface area contributed by atoms with Crippen molar-refractivity contribution in [2.24, 2.45) is 10.8 Å². The van der Waals surface area contributed by atoms with E-state index in [9.17, 15) is 4.79 Å². The van der Waals surface area contributed by atoms with E-state index in [1.807, 2.05) is 0 Å². The van der Waals surface area contributed by atoms with E-state index < -0.39 is 0 Å². The van der Waals surface area contributed by atoms with Crippen LogP contribution in [-0.4, -0.2) is 73.0 Å². The lowest BCUT2D eigenvalue weighted by Gasteiger charge is -2.48. The first kappa shape index (κ1) is 19.7.